The fraction of sp³-hybridized carbons (Fsp3) is 1.00. The van der Waals surface area contributed by atoms with E-state index in [1.165, 1.54) is 0 Å². The Balaban J connectivity index is 5.29. The molecule has 0 radical (unpaired) electrons. The van der Waals surface area contributed by atoms with E-state index in [4.69, 9.17) is 24.7 Å². The molecule has 0 rings (SSSR count). The van der Waals surface area contributed by atoms with Crippen molar-refractivity contribution in [1.29, 1.82) is 0 Å². The molecule has 0 aliphatic rings. The third-order valence-electron chi connectivity index (χ3n) is 2.82. The van der Waals surface area contributed by atoms with Crippen molar-refractivity contribution in [2.75, 3.05) is 0 Å². The van der Waals surface area contributed by atoms with Crippen LogP contribution in [0.2, 0.25) is 91.7 Å². The Morgan fingerprint density at radius 2 is 0.926 bits per heavy atom. The predicted octanol–water partition coefficient (Wildman–Crippen LogP) is 4.56. The molecule has 6 nitrogen and oxygen atoms in total. The van der Waals surface area contributed by atoms with Crippen LogP contribution < -0.4 is 0 Å². The van der Waals surface area contributed by atoms with Crippen molar-refractivity contribution in [2.24, 2.45) is 0 Å². The predicted molar refractivity (Wildman–Crippen MR) is 132 cm³/mol. The maximum absolute atomic E-state index is 6.56. The molecule has 0 aromatic carbocycles. The minimum absolute atomic E-state index is 1.34. The summed E-state index contributed by atoms with van der Waals surface area (Å²) in [6.07, 6.45) is 0. The highest BCUT2D eigenvalue weighted by molar-refractivity contribution is 6.89. The lowest BCUT2D eigenvalue weighted by Gasteiger charge is -2.41. The first-order valence-corrected chi connectivity index (χ1v) is 29.3. The molecular weight excluding hydrogens is 461 g/mol. The first-order valence-electron chi connectivity index (χ1n) is 9.78. The highest BCUT2D eigenvalue weighted by atomic mass is 28.5. The smallest absolute Gasteiger partial charge is 0.439 e. The summed E-state index contributed by atoms with van der Waals surface area (Å²) in [7, 11) is -14.1. The molecule has 0 heterocycles. The second-order valence-electron chi connectivity index (χ2n) is 10.2. The average Bonchev–Trinajstić information content (AvgIpc) is 2.14. The summed E-state index contributed by atoms with van der Waals surface area (Å²) in [6, 6.07) is 0. The molecule has 0 aliphatic carbocycles. The Hall–Kier alpha value is 1.28. The maximum Gasteiger partial charge on any atom is 0.468 e. The van der Waals surface area contributed by atoms with E-state index in [2.05, 4.69) is 85.1 Å². The number of hydrogen-bond donors (Lipinski definition) is 0. The van der Waals surface area contributed by atoms with Gasteiger partial charge < -0.3 is 24.7 Å². The lowest BCUT2D eigenvalue weighted by atomic mass is 11.8. The molecule has 27 heavy (non-hydrogen) atoms. The Bertz CT molecular complexity index is 464. The minimum Gasteiger partial charge on any atom is -0.439 e. The topological polar surface area (TPSA) is 55.4 Å². The van der Waals surface area contributed by atoms with Crippen molar-refractivity contribution in [3.63, 3.8) is 0 Å². The van der Waals surface area contributed by atoms with Crippen molar-refractivity contribution in [3.05, 3.63) is 0 Å². The van der Waals surface area contributed by atoms with Gasteiger partial charge in [-0.15, -0.1) is 0 Å². The van der Waals surface area contributed by atoms with Crippen LogP contribution >= 0.6 is 0 Å². The van der Waals surface area contributed by atoms with Crippen LogP contribution in [0.1, 0.15) is 0 Å². The molecule has 0 saturated heterocycles. The minimum atomic E-state index is -2.83. The first kappa shape index (κ1) is 28.3. The fourth-order valence-electron chi connectivity index (χ4n) is 3.14. The van der Waals surface area contributed by atoms with E-state index in [0.717, 1.165) is 0 Å². The SMILES string of the molecule is C[SiH](C)O[Si](C)(O[SiH](C)O[Si](C)(C)C)O[Si](C)(C)O[Si](C)(C)O[Si](C)(C)C. The Labute approximate surface area is 177 Å². The molecule has 2 atom stereocenters. The van der Waals surface area contributed by atoms with E-state index in [1.54, 1.807) is 0 Å². The number of rotatable bonds is 12. The van der Waals surface area contributed by atoms with Gasteiger partial charge in [0.05, 0.1) is 0 Å². The zero-order valence-corrected chi connectivity index (χ0v) is 27.4. The van der Waals surface area contributed by atoms with Gasteiger partial charge in [0.25, 0.3) is 0 Å². The molecule has 0 fully saturated rings. The van der Waals surface area contributed by atoms with Crippen molar-refractivity contribution in [2.45, 2.75) is 91.7 Å². The summed E-state index contributed by atoms with van der Waals surface area (Å²) in [4.78, 5) is 0. The molecule has 164 valence electrons. The van der Waals surface area contributed by atoms with Gasteiger partial charge in [0.2, 0.25) is 0 Å². The molecule has 0 N–H and O–H groups in total. The molecule has 0 bridgehead atoms. The maximum atomic E-state index is 6.56. The summed E-state index contributed by atoms with van der Waals surface area (Å²) in [5, 5.41) is 0. The average molecular weight is 505 g/mol. The third kappa shape index (κ3) is 14.8. The van der Waals surface area contributed by atoms with Crippen LogP contribution in [-0.2, 0) is 24.7 Å². The van der Waals surface area contributed by atoms with E-state index >= 15 is 0 Å². The highest BCUT2D eigenvalue weighted by Crippen LogP contribution is 2.26. The van der Waals surface area contributed by atoms with Gasteiger partial charge in [-0.2, -0.15) is 0 Å². The summed E-state index contributed by atoms with van der Waals surface area (Å²) < 4.78 is 38.3. The summed E-state index contributed by atoms with van der Waals surface area (Å²) >= 11 is 0. The quantitative estimate of drug-likeness (QED) is 0.363. The van der Waals surface area contributed by atoms with Crippen LogP contribution in [0.3, 0.4) is 0 Å². The van der Waals surface area contributed by atoms with Gasteiger partial charge in [-0.1, -0.05) is 0 Å². The summed E-state index contributed by atoms with van der Waals surface area (Å²) in [5.74, 6) is 0. The van der Waals surface area contributed by atoms with Gasteiger partial charge in [0, 0.05) is 6.55 Å². The largest absolute Gasteiger partial charge is 0.468 e. The van der Waals surface area contributed by atoms with Crippen LogP contribution in [0.5, 0.6) is 0 Å². The van der Waals surface area contributed by atoms with Gasteiger partial charge in [-0.3, -0.25) is 0 Å². The van der Waals surface area contributed by atoms with Gasteiger partial charge in [0.15, 0.2) is 25.7 Å². The fourth-order valence-corrected chi connectivity index (χ4v) is 30.9. The van der Waals surface area contributed by atoms with Crippen molar-refractivity contribution >= 4 is 60.9 Å². The van der Waals surface area contributed by atoms with E-state index in [-0.39, 0.29) is 0 Å². The van der Waals surface area contributed by atoms with E-state index in [1.807, 2.05) is 6.55 Å². The van der Waals surface area contributed by atoms with Gasteiger partial charge >= 0.3 is 35.2 Å². The number of hydrogen-bond acceptors (Lipinski definition) is 6. The monoisotopic (exact) mass is 504 g/mol. The van der Waals surface area contributed by atoms with Crippen molar-refractivity contribution in [1.82, 2.24) is 0 Å². The second-order valence-corrected chi connectivity index (χ2v) is 34.4. The molecular formula is C14H44O6Si7. The Kier molecular flexibility index (Phi) is 10.5. The zero-order chi connectivity index (χ0) is 21.9. The lowest BCUT2D eigenvalue weighted by Crippen LogP contribution is -2.60. The van der Waals surface area contributed by atoms with Crippen molar-refractivity contribution < 1.29 is 24.7 Å². The van der Waals surface area contributed by atoms with Gasteiger partial charge in [-0.05, 0) is 85.1 Å². The standard InChI is InChI=1S/C14H44O6Si7/c1-21(2)15-27(14,17-22(3)16-23(4,5)6)20-26(12,13)19-25(10,11)18-24(7,8)9/h21-22H,1-14H3. The Morgan fingerprint density at radius 3 is 1.30 bits per heavy atom. The van der Waals surface area contributed by atoms with Crippen LogP contribution in [-0.4, -0.2) is 60.9 Å². The van der Waals surface area contributed by atoms with Crippen LogP contribution in [0.15, 0.2) is 0 Å². The molecule has 13 heteroatoms. The van der Waals surface area contributed by atoms with Crippen molar-refractivity contribution in [3.8, 4) is 0 Å². The molecule has 0 aliphatic heterocycles. The summed E-state index contributed by atoms with van der Waals surface area (Å²) in [5.41, 5.74) is 0. The molecule has 0 aromatic heterocycles. The van der Waals surface area contributed by atoms with Crippen LogP contribution in [0.4, 0.5) is 0 Å². The molecule has 0 aromatic rings. The lowest BCUT2D eigenvalue weighted by molar-refractivity contribution is 0.221. The van der Waals surface area contributed by atoms with Crippen LogP contribution in [0.25, 0.3) is 0 Å². The molecule has 0 saturated carbocycles. The van der Waals surface area contributed by atoms with Crippen LogP contribution in [0, 0.1) is 0 Å². The normalized spacial score (nSPS) is 17.9. The summed E-state index contributed by atoms with van der Waals surface area (Å²) in [6.45, 7) is 29.8. The molecule has 0 amide bonds. The van der Waals surface area contributed by atoms with Gasteiger partial charge in [0.1, 0.15) is 0 Å². The van der Waals surface area contributed by atoms with Gasteiger partial charge in [-0.25, -0.2) is 0 Å². The highest BCUT2D eigenvalue weighted by Gasteiger charge is 2.48. The first-order chi connectivity index (χ1) is 11.6. The zero-order valence-electron chi connectivity index (χ0n) is 20.1. The third-order valence-corrected chi connectivity index (χ3v) is 25.4. The molecule has 2 unspecified atom stereocenters. The van der Waals surface area contributed by atoms with E-state index < -0.39 is 60.9 Å². The van der Waals surface area contributed by atoms with E-state index in [0.29, 0.717) is 0 Å². The van der Waals surface area contributed by atoms with E-state index in [9.17, 15) is 0 Å². The Morgan fingerprint density at radius 1 is 0.481 bits per heavy atom. The molecule has 0 spiro atoms. The second kappa shape index (κ2) is 10.1.